The summed E-state index contributed by atoms with van der Waals surface area (Å²) in [5.74, 6) is 0.463. The fourth-order valence-corrected chi connectivity index (χ4v) is 3.08. The van der Waals surface area contributed by atoms with E-state index in [0.29, 0.717) is 17.5 Å². The van der Waals surface area contributed by atoms with Crippen LogP contribution in [0.5, 0.6) is 0 Å². The molecule has 1 amide bonds. The number of hydrogen-bond acceptors (Lipinski definition) is 3. The third-order valence-electron chi connectivity index (χ3n) is 3.10. The molecule has 0 fully saturated rings. The van der Waals surface area contributed by atoms with Crippen LogP contribution in [0.25, 0.3) is 10.2 Å². The van der Waals surface area contributed by atoms with Crippen LogP contribution in [0.4, 0.5) is 5.13 Å². The lowest BCUT2D eigenvalue weighted by molar-refractivity contribution is -0.116. The van der Waals surface area contributed by atoms with Gasteiger partial charge >= 0.3 is 0 Å². The van der Waals surface area contributed by atoms with Crippen molar-refractivity contribution in [3.63, 3.8) is 0 Å². The van der Waals surface area contributed by atoms with Crippen molar-refractivity contribution in [2.75, 3.05) is 5.32 Å². The highest BCUT2D eigenvalue weighted by molar-refractivity contribution is 7.22. The molecule has 4 heteroatoms. The van der Waals surface area contributed by atoms with Gasteiger partial charge in [0, 0.05) is 6.42 Å². The van der Waals surface area contributed by atoms with Crippen molar-refractivity contribution in [3.05, 3.63) is 36.4 Å². The minimum Gasteiger partial charge on any atom is -0.302 e. The SMILES string of the molecule is O=C(C[C@@H]1C=CCC1)Nc1nc2ccccc2s1. The van der Waals surface area contributed by atoms with E-state index in [-0.39, 0.29) is 5.91 Å². The quantitative estimate of drug-likeness (QED) is 0.855. The van der Waals surface area contributed by atoms with Crippen LogP contribution in [-0.4, -0.2) is 10.9 Å². The number of benzene rings is 1. The Morgan fingerprint density at radius 1 is 1.44 bits per heavy atom. The van der Waals surface area contributed by atoms with Gasteiger partial charge in [-0.25, -0.2) is 4.98 Å². The smallest absolute Gasteiger partial charge is 0.226 e. The Hall–Kier alpha value is -1.68. The Bertz CT molecular complexity index is 570. The third-order valence-corrected chi connectivity index (χ3v) is 4.05. The molecule has 92 valence electrons. The fraction of sp³-hybridized carbons (Fsp3) is 0.286. The molecule has 1 aliphatic rings. The zero-order chi connectivity index (χ0) is 12.4. The maximum Gasteiger partial charge on any atom is 0.226 e. The van der Waals surface area contributed by atoms with Gasteiger partial charge in [-0.1, -0.05) is 35.6 Å². The maximum atomic E-state index is 11.9. The number of anilines is 1. The van der Waals surface area contributed by atoms with E-state index in [9.17, 15) is 4.79 Å². The van der Waals surface area contributed by atoms with Gasteiger partial charge in [0.1, 0.15) is 0 Å². The summed E-state index contributed by atoms with van der Waals surface area (Å²) in [4.78, 5) is 16.3. The Kier molecular flexibility index (Phi) is 3.11. The van der Waals surface area contributed by atoms with Crippen LogP contribution in [0, 0.1) is 5.92 Å². The Morgan fingerprint density at radius 3 is 3.11 bits per heavy atom. The molecule has 18 heavy (non-hydrogen) atoms. The molecule has 1 N–H and O–H groups in total. The summed E-state index contributed by atoms with van der Waals surface area (Å²) in [5.41, 5.74) is 0.943. The zero-order valence-corrected chi connectivity index (χ0v) is 10.7. The lowest BCUT2D eigenvalue weighted by atomic mass is 10.1. The first-order valence-corrected chi connectivity index (χ1v) is 6.95. The van der Waals surface area contributed by atoms with Gasteiger partial charge < -0.3 is 5.32 Å². The molecule has 1 aromatic heterocycles. The average Bonchev–Trinajstić information content (AvgIpc) is 2.96. The van der Waals surface area contributed by atoms with Gasteiger partial charge in [0.2, 0.25) is 5.91 Å². The van der Waals surface area contributed by atoms with Gasteiger partial charge in [-0.2, -0.15) is 0 Å². The number of thiazole rings is 1. The number of hydrogen-bond donors (Lipinski definition) is 1. The van der Waals surface area contributed by atoms with Crippen LogP contribution in [0.3, 0.4) is 0 Å². The Morgan fingerprint density at radius 2 is 2.33 bits per heavy atom. The highest BCUT2D eigenvalue weighted by Gasteiger charge is 2.15. The molecule has 2 aromatic rings. The topological polar surface area (TPSA) is 42.0 Å². The first-order chi connectivity index (χ1) is 8.81. The molecule has 0 spiro atoms. The standard InChI is InChI=1S/C14H14N2OS/c17-13(9-10-5-1-2-6-10)16-14-15-11-7-3-4-8-12(11)18-14/h1,3-5,7-8,10H,2,6,9H2,(H,15,16,17)/t10-/m1/s1. The van der Waals surface area contributed by atoms with Gasteiger partial charge in [-0.05, 0) is 30.9 Å². The van der Waals surface area contributed by atoms with Gasteiger partial charge in [0.25, 0.3) is 0 Å². The number of carbonyl (C=O) groups excluding carboxylic acids is 1. The van der Waals surface area contributed by atoms with E-state index < -0.39 is 0 Å². The second-order valence-electron chi connectivity index (χ2n) is 4.50. The minimum atomic E-state index is 0.0607. The highest BCUT2D eigenvalue weighted by Crippen LogP contribution is 2.26. The van der Waals surface area contributed by atoms with E-state index in [1.54, 1.807) is 0 Å². The molecule has 3 rings (SSSR count). The number of rotatable bonds is 3. The number of nitrogens with one attached hydrogen (secondary N) is 1. The average molecular weight is 258 g/mol. The summed E-state index contributed by atoms with van der Waals surface area (Å²) in [6, 6.07) is 7.91. The van der Waals surface area contributed by atoms with E-state index in [1.807, 2.05) is 24.3 Å². The van der Waals surface area contributed by atoms with Crippen LogP contribution < -0.4 is 5.32 Å². The highest BCUT2D eigenvalue weighted by atomic mass is 32.1. The van der Waals surface area contributed by atoms with Crippen molar-refractivity contribution in [1.82, 2.24) is 4.98 Å². The number of nitrogens with zero attached hydrogens (tertiary/aromatic N) is 1. The molecule has 1 heterocycles. The summed E-state index contributed by atoms with van der Waals surface area (Å²) in [5, 5.41) is 3.59. The molecule has 1 aliphatic carbocycles. The van der Waals surface area contributed by atoms with Crippen LogP contribution in [0.2, 0.25) is 0 Å². The van der Waals surface area contributed by atoms with Crippen LogP contribution in [0.15, 0.2) is 36.4 Å². The maximum absolute atomic E-state index is 11.9. The van der Waals surface area contributed by atoms with Gasteiger partial charge in [-0.3, -0.25) is 4.79 Å². The van der Waals surface area contributed by atoms with Gasteiger partial charge in [0.15, 0.2) is 5.13 Å². The van der Waals surface area contributed by atoms with E-state index >= 15 is 0 Å². The summed E-state index contributed by atoms with van der Waals surface area (Å²) in [6.45, 7) is 0. The van der Waals surface area contributed by atoms with Crippen molar-refractivity contribution in [1.29, 1.82) is 0 Å². The molecule has 0 saturated carbocycles. The van der Waals surface area contributed by atoms with Crippen molar-refractivity contribution in [2.24, 2.45) is 5.92 Å². The second kappa shape index (κ2) is 4.90. The summed E-state index contributed by atoms with van der Waals surface area (Å²) >= 11 is 1.52. The van der Waals surface area contributed by atoms with E-state index in [4.69, 9.17) is 0 Å². The van der Waals surface area contributed by atoms with Crippen molar-refractivity contribution < 1.29 is 4.79 Å². The zero-order valence-electron chi connectivity index (χ0n) is 9.93. The van der Waals surface area contributed by atoms with Crippen LogP contribution >= 0.6 is 11.3 Å². The summed E-state index contributed by atoms with van der Waals surface area (Å²) in [7, 11) is 0. The van der Waals surface area contributed by atoms with Crippen molar-refractivity contribution >= 4 is 32.6 Å². The first kappa shape index (κ1) is 11.4. The van der Waals surface area contributed by atoms with Gasteiger partial charge in [-0.15, -0.1) is 0 Å². The monoisotopic (exact) mass is 258 g/mol. The van der Waals surface area contributed by atoms with Crippen molar-refractivity contribution in [3.8, 4) is 0 Å². The lowest BCUT2D eigenvalue weighted by Gasteiger charge is -2.06. The number of aromatic nitrogens is 1. The second-order valence-corrected chi connectivity index (χ2v) is 5.54. The number of allylic oxidation sites excluding steroid dienone is 2. The molecule has 3 nitrogen and oxygen atoms in total. The number of fused-ring (bicyclic) bond motifs is 1. The molecule has 0 saturated heterocycles. The molecular formula is C14H14N2OS. The van der Waals surface area contributed by atoms with Gasteiger partial charge in [0.05, 0.1) is 10.2 Å². The lowest BCUT2D eigenvalue weighted by Crippen LogP contribution is -2.14. The summed E-state index contributed by atoms with van der Waals surface area (Å²) < 4.78 is 1.11. The first-order valence-electron chi connectivity index (χ1n) is 6.13. The Balaban J connectivity index is 1.68. The molecule has 0 bridgehead atoms. The van der Waals surface area contributed by atoms with E-state index in [0.717, 1.165) is 23.1 Å². The number of carbonyl (C=O) groups is 1. The molecule has 1 atom stereocenters. The molecule has 0 unspecified atom stereocenters. The van der Waals surface area contributed by atoms with Crippen LogP contribution in [0.1, 0.15) is 19.3 Å². The number of amides is 1. The van der Waals surface area contributed by atoms with Crippen LogP contribution in [-0.2, 0) is 4.79 Å². The fourth-order valence-electron chi connectivity index (χ4n) is 2.20. The molecule has 0 aliphatic heterocycles. The predicted molar refractivity (Wildman–Crippen MR) is 74.7 cm³/mol. The largest absolute Gasteiger partial charge is 0.302 e. The van der Waals surface area contributed by atoms with E-state index in [1.165, 1.54) is 11.3 Å². The normalized spacial score (nSPS) is 18.3. The predicted octanol–water partition coefficient (Wildman–Crippen LogP) is 3.59. The van der Waals surface area contributed by atoms with Crippen molar-refractivity contribution in [2.45, 2.75) is 19.3 Å². The minimum absolute atomic E-state index is 0.0607. The Labute approximate surface area is 110 Å². The summed E-state index contributed by atoms with van der Waals surface area (Å²) in [6.07, 6.45) is 7.03. The van der Waals surface area contributed by atoms with E-state index in [2.05, 4.69) is 22.5 Å². The molecule has 0 radical (unpaired) electrons. The third kappa shape index (κ3) is 2.43. The molecule has 1 aromatic carbocycles. The molecular weight excluding hydrogens is 244 g/mol. The number of para-hydroxylation sites is 1.